The maximum absolute atomic E-state index is 11.4. The zero-order chi connectivity index (χ0) is 19.0. The van der Waals surface area contributed by atoms with E-state index in [9.17, 15) is 4.79 Å². The van der Waals surface area contributed by atoms with Crippen LogP contribution in [0.25, 0.3) is 10.9 Å². The van der Waals surface area contributed by atoms with Gasteiger partial charge in [-0.25, -0.2) is 4.98 Å². The topological polar surface area (TPSA) is 72.3 Å². The molecule has 0 aliphatic heterocycles. The summed E-state index contributed by atoms with van der Waals surface area (Å²) in [5, 5.41) is 9.18. The zero-order valence-corrected chi connectivity index (χ0v) is 15.9. The normalized spacial score (nSPS) is 13.6. The number of nitrogens with zero attached hydrogens (tertiary/aromatic N) is 4. The quantitative estimate of drug-likeness (QED) is 0.623. The third-order valence-corrected chi connectivity index (χ3v) is 4.99. The number of methoxy groups -OCH3 is 1. The fourth-order valence-electron chi connectivity index (χ4n) is 3.18. The average molecular weight is 386 g/mol. The predicted octanol–water partition coefficient (Wildman–Crippen LogP) is 3.98. The van der Waals surface area contributed by atoms with Gasteiger partial charge in [0.25, 0.3) is 0 Å². The van der Waals surface area contributed by atoms with Gasteiger partial charge in [0, 0.05) is 24.0 Å². The summed E-state index contributed by atoms with van der Waals surface area (Å²) < 4.78 is 7.56. The zero-order valence-electron chi connectivity index (χ0n) is 15.1. The molecule has 0 spiro atoms. The van der Waals surface area contributed by atoms with Gasteiger partial charge in [-0.05, 0) is 31.9 Å². The Morgan fingerprint density at radius 3 is 2.85 bits per heavy atom. The van der Waals surface area contributed by atoms with Gasteiger partial charge in [-0.3, -0.25) is 14.4 Å². The lowest BCUT2D eigenvalue weighted by molar-refractivity contribution is -0.107. The first-order valence-corrected chi connectivity index (χ1v) is 9.22. The minimum absolute atomic E-state index is 0.230. The molecule has 1 aliphatic carbocycles. The highest BCUT2D eigenvalue weighted by atomic mass is 35.5. The first-order chi connectivity index (χ1) is 13.2. The largest absolute Gasteiger partial charge is 0.492 e. The third kappa shape index (κ3) is 3.19. The number of pyridine rings is 1. The van der Waals surface area contributed by atoms with Crippen molar-refractivity contribution in [2.75, 3.05) is 17.3 Å². The highest BCUT2D eigenvalue weighted by molar-refractivity contribution is 6.33. The van der Waals surface area contributed by atoms with Crippen LogP contribution in [0.3, 0.4) is 0 Å². The van der Waals surface area contributed by atoms with E-state index in [1.807, 2.05) is 29.9 Å². The fourth-order valence-corrected chi connectivity index (χ4v) is 3.33. The van der Waals surface area contributed by atoms with Crippen LogP contribution in [0.2, 0.25) is 5.02 Å². The van der Waals surface area contributed by atoms with E-state index in [0.717, 1.165) is 42.4 Å². The van der Waals surface area contributed by atoms with Crippen molar-refractivity contribution >= 4 is 46.1 Å². The standard InChI is InChI=1S/C19H20ClN5O2/c1-3-25-18-12(9-22-25)4-7-15(19(18)27-2)23-16-8-17(21-10-14(16)20)24(11-26)13-5-6-13/h4,7-11,13H,3,5-6H2,1-2H3,(H,21,23). The van der Waals surface area contributed by atoms with Crippen molar-refractivity contribution in [2.45, 2.75) is 32.4 Å². The number of hydrogen-bond acceptors (Lipinski definition) is 5. The maximum Gasteiger partial charge on any atom is 0.215 e. The Hall–Kier alpha value is -2.80. The molecule has 0 saturated heterocycles. The number of carbonyl (C=O) groups excluding carboxylic acids is 1. The Balaban J connectivity index is 1.74. The Morgan fingerprint density at radius 2 is 2.19 bits per heavy atom. The Morgan fingerprint density at radius 1 is 1.37 bits per heavy atom. The summed E-state index contributed by atoms with van der Waals surface area (Å²) in [6.45, 7) is 2.77. The lowest BCUT2D eigenvalue weighted by atomic mass is 10.2. The van der Waals surface area contributed by atoms with Crippen LogP contribution in [0.1, 0.15) is 19.8 Å². The summed E-state index contributed by atoms with van der Waals surface area (Å²) in [4.78, 5) is 17.4. The van der Waals surface area contributed by atoms with E-state index in [1.165, 1.54) is 0 Å². The van der Waals surface area contributed by atoms with Crippen LogP contribution in [-0.2, 0) is 11.3 Å². The van der Waals surface area contributed by atoms with Crippen LogP contribution in [0, 0.1) is 0 Å². The number of carbonyl (C=O) groups is 1. The molecule has 27 heavy (non-hydrogen) atoms. The van der Waals surface area contributed by atoms with E-state index >= 15 is 0 Å². The summed E-state index contributed by atoms with van der Waals surface area (Å²) in [5.74, 6) is 1.27. The third-order valence-electron chi connectivity index (χ3n) is 4.69. The number of rotatable bonds is 7. The smallest absolute Gasteiger partial charge is 0.215 e. The van der Waals surface area contributed by atoms with Crippen molar-refractivity contribution in [3.63, 3.8) is 0 Å². The maximum atomic E-state index is 11.4. The minimum Gasteiger partial charge on any atom is -0.492 e. The van der Waals surface area contributed by atoms with Crippen molar-refractivity contribution in [2.24, 2.45) is 0 Å². The Labute approximate surface area is 161 Å². The van der Waals surface area contributed by atoms with Gasteiger partial charge in [-0.15, -0.1) is 0 Å². The van der Waals surface area contributed by atoms with Gasteiger partial charge in [0.1, 0.15) is 11.3 Å². The Bertz CT molecular complexity index is 999. The van der Waals surface area contributed by atoms with Crippen LogP contribution in [0.5, 0.6) is 5.75 Å². The van der Waals surface area contributed by atoms with Gasteiger partial charge >= 0.3 is 0 Å². The van der Waals surface area contributed by atoms with E-state index < -0.39 is 0 Å². The van der Waals surface area contributed by atoms with E-state index in [-0.39, 0.29) is 6.04 Å². The number of aromatic nitrogens is 3. The number of hydrogen-bond donors (Lipinski definition) is 1. The molecule has 140 valence electrons. The highest BCUT2D eigenvalue weighted by Crippen LogP contribution is 2.38. The van der Waals surface area contributed by atoms with Crippen molar-refractivity contribution in [1.82, 2.24) is 14.8 Å². The first-order valence-electron chi connectivity index (χ1n) is 8.85. The van der Waals surface area contributed by atoms with Crippen LogP contribution < -0.4 is 15.0 Å². The monoisotopic (exact) mass is 385 g/mol. The number of ether oxygens (including phenoxy) is 1. The van der Waals surface area contributed by atoms with Gasteiger partial charge < -0.3 is 10.1 Å². The molecule has 2 aromatic heterocycles. The molecule has 0 atom stereocenters. The lowest BCUT2D eigenvalue weighted by Gasteiger charge is -2.18. The number of benzene rings is 1. The molecule has 7 nitrogen and oxygen atoms in total. The molecule has 2 heterocycles. The second-order valence-corrected chi connectivity index (χ2v) is 6.84. The molecule has 1 fully saturated rings. The molecule has 0 unspecified atom stereocenters. The number of fused-ring (bicyclic) bond motifs is 1. The van der Waals surface area contributed by atoms with Gasteiger partial charge in [0.15, 0.2) is 5.75 Å². The summed E-state index contributed by atoms with van der Waals surface area (Å²) in [6, 6.07) is 5.93. The molecule has 1 aliphatic rings. The summed E-state index contributed by atoms with van der Waals surface area (Å²) >= 11 is 6.35. The van der Waals surface area contributed by atoms with Crippen molar-refractivity contribution in [3.8, 4) is 5.75 Å². The summed E-state index contributed by atoms with van der Waals surface area (Å²) in [6.07, 6.45) is 6.19. The van der Waals surface area contributed by atoms with Crippen LogP contribution >= 0.6 is 11.6 Å². The molecule has 0 radical (unpaired) electrons. The van der Waals surface area contributed by atoms with Crippen LogP contribution in [-0.4, -0.2) is 34.3 Å². The lowest BCUT2D eigenvalue weighted by Crippen LogP contribution is -2.24. The van der Waals surface area contributed by atoms with E-state index in [2.05, 4.69) is 15.4 Å². The predicted molar refractivity (Wildman–Crippen MR) is 106 cm³/mol. The van der Waals surface area contributed by atoms with Gasteiger partial charge in [0.2, 0.25) is 6.41 Å². The second-order valence-electron chi connectivity index (χ2n) is 6.44. The van der Waals surface area contributed by atoms with E-state index in [0.29, 0.717) is 22.3 Å². The van der Waals surface area contributed by atoms with Crippen molar-refractivity contribution in [1.29, 1.82) is 0 Å². The molecule has 1 saturated carbocycles. The van der Waals surface area contributed by atoms with Gasteiger partial charge in [-0.1, -0.05) is 11.6 Å². The van der Waals surface area contributed by atoms with Crippen molar-refractivity contribution in [3.05, 3.63) is 35.6 Å². The van der Waals surface area contributed by atoms with Gasteiger partial charge in [-0.2, -0.15) is 5.10 Å². The number of amides is 1. The molecule has 4 rings (SSSR count). The molecule has 8 heteroatoms. The number of anilines is 3. The number of halogens is 1. The molecule has 1 amide bonds. The molecular formula is C19H20ClN5O2. The first kappa shape index (κ1) is 17.6. The second kappa shape index (κ2) is 7.08. The van der Waals surface area contributed by atoms with Crippen LogP contribution in [0.4, 0.5) is 17.2 Å². The van der Waals surface area contributed by atoms with E-state index in [4.69, 9.17) is 16.3 Å². The van der Waals surface area contributed by atoms with E-state index in [1.54, 1.807) is 24.3 Å². The molecular weight excluding hydrogens is 366 g/mol. The van der Waals surface area contributed by atoms with Gasteiger partial charge in [0.05, 0.1) is 35.9 Å². The number of nitrogens with one attached hydrogen (secondary N) is 1. The molecule has 1 N–H and O–H groups in total. The SMILES string of the molecule is CCn1ncc2ccc(Nc3cc(N(C=O)C4CC4)ncc3Cl)c(OC)c21. The average Bonchev–Trinajstić information content (AvgIpc) is 3.43. The summed E-state index contributed by atoms with van der Waals surface area (Å²) in [7, 11) is 1.63. The highest BCUT2D eigenvalue weighted by Gasteiger charge is 2.30. The number of aryl methyl sites for hydroxylation is 1. The summed E-state index contributed by atoms with van der Waals surface area (Å²) in [5.41, 5.74) is 2.35. The Kier molecular flexibility index (Phi) is 4.61. The molecule has 1 aromatic carbocycles. The van der Waals surface area contributed by atoms with Crippen LogP contribution in [0.15, 0.2) is 30.6 Å². The molecule has 0 bridgehead atoms. The fraction of sp³-hybridized carbons (Fsp3) is 0.316. The molecule has 3 aromatic rings. The minimum atomic E-state index is 0.230. The van der Waals surface area contributed by atoms with Crippen molar-refractivity contribution < 1.29 is 9.53 Å².